The molecule has 0 radical (unpaired) electrons. The normalized spacial score (nSPS) is 18.2. The van der Waals surface area contributed by atoms with Crippen molar-refractivity contribution >= 4 is 0 Å². The van der Waals surface area contributed by atoms with E-state index in [1.165, 1.54) is 19.4 Å². The first-order chi connectivity index (χ1) is 6.56. The van der Waals surface area contributed by atoms with Crippen LogP contribution in [0.15, 0.2) is 0 Å². The van der Waals surface area contributed by atoms with Crippen LogP contribution in [0.3, 0.4) is 0 Å². The molecular formula is C12H28N2. The minimum atomic E-state index is 0.615. The van der Waals surface area contributed by atoms with Crippen LogP contribution >= 0.6 is 0 Å². The van der Waals surface area contributed by atoms with E-state index in [2.05, 4.69) is 52.0 Å². The fraction of sp³-hybridized carbons (Fsp3) is 1.00. The van der Waals surface area contributed by atoms with Crippen molar-refractivity contribution in [1.29, 1.82) is 0 Å². The molecule has 3 atom stereocenters. The van der Waals surface area contributed by atoms with E-state index in [1.54, 1.807) is 0 Å². The lowest BCUT2D eigenvalue weighted by molar-refractivity contribution is 0.182. The number of rotatable bonds is 7. The lowest BCUT2D eigenvalue weighted by atomic mass is 10.0. The fourth-order valence-corrected chi connectivity index (χ4v) is 1.88. The van der Waals surface area contributed by atoms with Gasteiger partial charge in [0, 0.05) is 18.6 Å². The van der Waals surface area contributed by atoms with E-state index in [0.29, 0.717) is 12.1 Å². The molecule has 0 amide bonds. The molecule has 0 aliphatic carbocycles. The molecule has 0 spiro atoms. The molecule has 0 saturated carbocycles. The Morgan fingerprint density at radius 3 is 2.07 bits per heavy atom. The molecule has 0 aliphatic heterocycles. The quantitative estimate of drug-likeness (QED) is 0.678. The Morgan fingerprint density at radius 1 is 1.14 bits per heavy atom. The molecule has 86 valence electrons. The third-order valence-electron chi connectivity index (χ3n) is 3.38. The van der Waals surface area contributed by atoms with Gasteiger partial charge in [-0.1, -0.05) is 27.2 Å². The summed E-state index contributed by atoms with van der Waals surface area (Å²) in [4.78, 5) is 2.47. The van der Waals surface area contributed by atoms with Crippen LogP contribution in [-0.2, 0) is 0 Å². The highest BCUT2D eigenvalue weighted by atomic mass is 15.2. The zero-order valence-corrected chi connectivity index (χ0v) is 10.8. The van der Waals surface area contributed by atoms with Gasteiger partial charge in [-0.2, -0.15) is 0 Å². The third kappa shape index (κ3) is 4.43. The Morgan fingerprint density at radius 2 is 1.71 bits per heavy atom. The van der Waals surface area contributed by atoms with Gasteiger partial charge >= 0.3 is 0 Å². The molecule has 2 heteroatoms. The molecule has 0 fully saturated rings. The first kappa shape index (κ1) is 13.9. The summed E-state index contributed by atoms with van der Waals surface area (Å²) >= 11 is 0. The van der Waals surface area contributed by atoms with E-state index in [1.807, 2.05) is 0 Å². The highest BCUT2D eigenvalue weighted by Gasteiger charge is 2.18. The SMILES string of the molecule is CCC(C)CN(C)C(C)C(CC)NC. The van der Waals surface area contributed by atoms with Gasteiger partial charge in [0.2, 0.25) is 0 Å². The second-order valence-electron chi connectivity index (χ2n) is 4.50. The predicted octanol–water partition coefficient (Wildman–Crippen LogP) is 2.35. The molecular weight excluding hydrogens is 172 g/mol. The number of nitrogens with one attached hydrogen (secondary N) is 1. The maximum absolute atomic E-state index is 3.38. The van der Waals surface area contributed by atoms with Gasteiger partial charge in [0.1, 0.15) is 0 Å². The molecule has 14 heavy (non-hydrogen) atoms. The largest absolute Gasteiger partial charge is 0.315 e. The van der Waals surface area contributed by atoms with Crippen molar-refractivity contribution in [2.45, 2.75) is 52.6 Å². The number of likely N-dealkylation sites (N-methyl/N-ethyl adjacent to an activating group) is 2. The van der Waals surface area contributed by atoms with E-state index in [-0.39, 0.29) is 0 Å². The van der Waals surface area contributed by atoms with Crippen LogP contribution in [0.1, 0.15) is 40.5 Å². The van der Waals surface area contributed by atoms with Crippen molar-refractivity contribution in [3.05, 3.63) is 0 Å². The summed E-state index contributed by atoms with van der Waals surface area (Å²) < 4.78 is 0. The van der Waals surface area contributed by atoms with Gasteiger partial charge in [0.25, 0.3) is 0 Å². The predicted molar refractivity (Wildman–Crippen MR) is 64.7 cm³/mol. The van der Waals surface area contributed by atoms with E-state index < -0.39 is 0 Å². The van der Waals surface area contributed by atoms with Crippen LogP contribution in [0.5, 0.6) is 0 Å². The molecule has 3 unspecified atom stereocenters. The van der Waals surface area contributed by atoms with Crippen LogP contribution in [0.4, 0.5) is 0 Å². The van der Waals surface area contributed by atoms with Gasteiger partial charge in [-0.3, -0.25) is 0 Å². The van der Waals surface area contributed by atoms with Gasteiger partial charge in [-0.15, -0.1) is 0 Å². The Labute approximate surface area is 90.1 Å². The zero-order chi connectivity index (χ0) is 11.1. The van der Waals surface area contributed by atoms with Crippen molar-refractivity contribution in [2.24, 2.45) is 5.92 Å². The van der Waals surface area contributed by atoms with Crippen LogP contribution in [0, 0.1) is 5.92 Å². The van der Waals surface area contributed by atoms with Gasteiger partial charge in [-0.05, 0) is 33.4 Å². The lowest BCUT2D eigenvalue weighted by Crippen LogP contribution is -2.46. The average Bonchev–Trinajstić information content (AvgIpc) is 2.19. The molecule has 0 rings (SSSR count). The minimum Gasteiger partial charge on any atom is -0.315 e. The maximum Gasteiger partial charge on any atom is 0.0217 e. The van der Waals surface area contributed by atoms with Crippen molar-refractivity contribution in [3.8, 4) is 0 Å². The van der Waals surface area contributed by atoms with E-state index in [9.17, 15) is 0 Å². The zero-order valence-electron chi connectivity index (χ0n) is 10.8. The van der Waals surface area contributed by atoms with E-state index in [4.69, 9.17) is 0 Å². The summed E-state index contributed by atoms with van der Waals surface area (Å²) in [6.07, 6.45) is 2.47. The molecule has 0 aromatic rings. The Bertz CT molecular complexity index is 132. The van der Waals surface area contributed by atoms with Gasteiger partial charge < -0.3 is 10.2 Å². The van der Waals surface area contributed by atoms with Crippen molar-refractivity contribution < 1.29 is 0 Å². The van der Waals surface area contributed by atoms with Crippen molar-refractivity contribution in [3.63, 3.8) is 0 Å². The summed E-state index contributed by atoms with van der Waals surface area (Å²) in [6.45, 7) is 10.3. The topological polar surface area (TPSA) is 15.3 Å². The number of nitrogens with zero attached hydrogens (tertiary/aromatic N) is 1. The molecule has 2 nitrogen and oxygen atoms in total. The molecule has 0 aromatic carbocycles. The van der Waals surface area contributed by atoms with Crippen LogP contribution < -0.4 is 5.32 Å². The van der Waals surface area contributed by atoms with Crippen LogP contribution in [0.25, 0.3) is 0 Å². The van der Waals surface area contributed by atoms with E-state index >= 15 is 0 Å². The number of hydrogen-bond acceptors (Lipinski definition) is 2. The fourth-order valence-electron chi connectivity index (χ4n) is 1.88. The first-order valence-corrected chi connectivity index (χ1v) is 5.94. The lowest BCUT2D eigenvalue weighted by Gasteiger charge is -2.32. The average molecular weight is 200 g/mol. The van der Waals surface area contributed by atoms with Gasteiger partial charge in [0.05, 0.1) is 0 Å². The minimum absolute atomic E-state index is 0.615. The molecule has 0 saturated heterocycles. The summed E-state index contributed by atoms with van der Waals surface area (Å²) in [5, 5.41) is 3.38. The van der Waals surface area contributed by atoms with Crippen molar-refractivity contribution in [2.75, 3.05) is 20.6 Å². The standard InChI is InChI=1S/C12H28N2/c1-7-10(3)9-14(6)11(4)12(8-2)13-5/h10-13H,7-9H2,1-6H3. The summed E-state index contributed by atoms with van der Waals surface area (Å²) in [7, 11) is 4.29. The van der Waals surface area contributed by atoms with Crippen LogP contribution in [-0.4, -0.2) is 37.6 Å². The first-order valence-electron chi connectivity index (χ1n) is 5.94. The Kier molecular flexibility index (Phi) is 7.20. The summed E-state index contributed by atoms with van der Waals surface area (Å²) in [5.74, 6) is 0.803. The molecule has 0 aromatic heterocycles. The smallest absolute Gasteiger partial charge is 0.0217 e. The highest BCUT2D eigenvalue weighted by molar-refractivity contribution is 4.77. The monoisotopic (exact) mass is 200 g/mol. The van der Waals surface area contributed by atoms with Crippen LogP contribution in [0.2, 0.25) is 0 Å². The second kappa shape index (κ2) is 7.24. The molecule has 0 heterocycles. The third-order valence-corrected chi connectivity index (χ3v) is 3.38. The highest BCUT2D eigenvalue weighted by Crippen LogP contribution is 2.09. The maximum atomic E-state index is 3.38. The Hall–Kier alpha value is -0.0800. The molecule has 0 bridgehead atoms. The van der Waals surface area contributed by atoms with E-state index in [0.717, 1.165) is 5.92 Å². The van der Waals surface area contributed by atoms with Crippen molar-refractivity contribution in [1.82, 2.24) is 10.2 Å². The Balaban J connectivity index is 4.02. The second-order valence-corrected chi connectivity index (χ2v) is 4.50. The molecule has 0 aliphatic rings. The summed E-state index contributed by atoms with van der Waals surface area (Å²) in [6, 6.07) is 1.24. The summed E-state index contributed by atoms with van der Waals surface area (Å²) in [5.41, 5.74) is 0. The molecule has 1 N–H and O–H groups in total. The van der Waals surface area contributed by atoms with Gasteiger partial charge in [0.15, 0.2) is 0 Å². The number of hydrogen-bond donors (Lipinski definition) is 1. The van der Waals surface area contributed by atoms with Gasteiger partial charge in [-0.25, -0.2) is 0 Å².